The van der Waals surface area contributed by atoms with Crippen molar-refractivity contribution >= 4 is 5.91 Å². The van der Waals surface area contributed by atoms with Gasteiger partial charge in [-0.15, -0.1) is 0 Å². The number of nitrogens with zero attached hydrogens (tertiary/aromatic N) is 1. The van der Waals surface area contributed by atoms with E-state index >= 15 is 0 Å². The summed E-state index contributed by atoms with van der Waals surface area (Å²) in [6.45, 7) is 6.27. The molecule has 1 aliphatic rings. The lowest BCUT2D eigenvalue weighted by atomic mass is 10.1. The molecule has 100 valence electrons. The zero-order valence-corrected chi connectivity index (χ0v) is 10.9. The number of rotatable bonds is 7. The third kappa shape index (κ3) is 6.00. The maximum absolute atomic E-state index is 11.1. The first kappa shape index (κ1) is 14.4. The second-order valence-corrected chi connectivity index (χ2v) is 4.34. The number of ether oxygens (including phenoxy) is 2. The zero-order chi connectivity index (χ0) is 12.5. The number of nitrogens with one attached hydrogen (secondary N) is 1. The second kappa shape index (κ2) is 8.44. The molecule has 1 fully saturated rings. The van der Waals surface area contributed by atoms with Crippen molar-refractivity contribution in [2.45, 2.75) is 25.8 Å². The number of methoxy groups -OCH3 is 1. The highest BCUT2D eigenvalue weighted by atomic mass is 16.5. The summed E-state index contributed by atoms with van der Waals surface area (Å²) in [7, 11) is 1.67. The number of likely N-dealkylation sites (tertiary alicyclic amines) is 1. The molecular weight excluding hydrogens is 220 g/mol. The van der Waals surface area contributed by atoms with Gasteiger partial charge in [-0.2, -0.15) is 0 Å². The molecule has 1 saturated heterocycles. The van der Waals surface area contributed by atoms with Gasteiger partial charge in [0.25, 0.3) is 0 Å². The highest BCUT2D eigenvalue weighted by Gasteiger charge is 2.19. The van der Waals surface area contributed by atoms with Gasteiger partial charge in [-0.1, -0.05) is 0 Å². The molecule has 1 amide bonds. The van der Waals surface area contributed by atoms with Gasteiger partial charge in [0.2, 0.25) is 5.91 Å². The van der Waals surface area contributed by atoms with E-state index in [9.17, 15) is 4.79 Å². The van der Waals surface area contributed by atoms with E-state index < -0.39 is 0 Å². The standard InChI is InChI=1S/C12H24N2O3/c1-11(15)14-6-3-12(4-7-14)13-5-8-17-10-9-16-2/h12-13H,3-10H2,1-2H3. The van der Waals surface area contributed by atoms with Gasteiger partial charge >= 0.3 is 0 Å². The van der Waals surface area contributed by atoms with Crippen LogP contribution in [0.3, 0.4) is 0 Å². The Morgan fingerprint density at radius 1 is 1.29 bits per heavy atom. The Morgan fingerprint density at radius 2 is 2.00 bits per heavy atom. The molecule has 0 aliphatic carbocycles. The number of piperidine rings is 1. The summed E-state index contributed by atoms with van der Waals surface area (Å²) in [6, 6.07) is 0.525. The monoisotopic (exact) mass is 244 g/mol. The van der Waals surface area contributed by atoms with E-state index in [1.54, 1.807) is 14.0 Å². The lowest BCUT2D eigenvalue weighted by molar-refractivity contribution is -0.129. The molecule has 0 spiro atoms. The summed E-state index contributed by atoms with van der Waals surface area (Å²) in [5.74, 6) is 0.186. The van der Waals surface area contributed by atoms with Crippen molar-refractivity contribution in [2.24, 2.45) is 0 Å². The molecule has 0 saturated carbocycles. The highest BCUT2D eigenvalue weighted by molar-refractivity contribution is 5.73. The first-order valence-corrected chi connectivity index (χ1v) is 6.29. The summed E-state index contributed by atoms with van der Waals surface area (Å²) in [5.41, 5.74) is 0. The molecule has 0 aromatic carbocycles. The van der Waals surface area contributed by atoms with Gasteiger partial charge in [0.15, 0.2) is 0 Å². The van der Waals surface area contributed by atoms with Crippen LogP contribution in [0.2, 0.25) is 0 Å². The maximum Gasteiger partial charge on any atom is 0.219 e. The molecule has 0 radical (unpaired) electrons. The number of amides is 1. The van der Waals surface area contributed by atoms with Crippen LogP contribution >= 0.6 is 0 Å². The lowest BCUT2D eigenvalue weighted by Gasteiger charge is -2.31. The van der Waals surface area contributed by atoms with Crippen molar-refractivity contribution < 1.29 is 14.3 Å². The predicted molar refractivity (Wildman–Crippen MR) is 66.0 cm³/mol. The fraction of sp³-hybridized carbons (Fsp3) is 0.917. The second-order valence-electron chi connectivity index (χ2n) is 4.34. The van der Waals surface area contributed by atoms with Crippen molar-refractivity contribution in [1.29, 1.82) is 0 Å². The van der Waals surface area contributed by atoms with Crippen LogP contribution in [0, 0.1) is 0 Å². The third-order valence-electron chi connectivity index (χ3n) is 3.05. The van der Waals surface area contributed by atoms with E-state index in [0.717, 1.165) is 39.1 Å². The molecule has 17 heavy (non-hydrogen) atoms. The van der Waals surface area contributed by atoms with E-state index in [-0.39, 0.29) is 5.91 Å². The van der Waals surface area contributed by atoms with Crippen LogP contribution in [0.25, 0.3) is 0 Å². The molecule has 0 bridgehead atoms. The van der Waals surface area contributed by atoms with Crippen molar-refractivity contribution in [1.82, 2.24) is 10.2 Å². The minimum absolute atomic E-state index is 0.186. The van der Waals surface area contributed by atoms with Crippen LogP contribution in [0.5, 0.6) is 0 Å². The van der Waals surface area contributed by atoms with Crippen molar-refractivity contribution in [2.75, 3.05) is 46.6 Å². The Labute approximate surface area is 103 Å². The van der Waals surface area contributed by atoms with Gasteiger partial charge in [-0.25, -0.2) is 0 Å². The summed E-state index contributed by atoms with van der Waals surface area (Å²) < 4.78 is 10.3. The molecule has 0 aromatic rings. The van der Waals surface area contributed by atoms with Crippen LogP contribution < -0.4 is 5.32 Å². The van der Waals surface area contributed by atoms with E-state index in [0.29, 0.717) is 19.3 Å². The predicted octanol–water partition coefficient (Wildman–Crippen LogP) is 0.250. The molecule has 1 aliphatic heterocycles. The van der Waals surface area contributed by atoms with Crippen molar-refractivity contribution in [3.8, 4) is 0 Å². The van der Waals surface area contributed by atoms with Crippen LogP contribution in [-0.4, -0.2) is 63.4 Å². The van der Waals surface area contributed by atoms with Gasteiger partial charge < -0.3 is 19.7 Å². The van der Waals surface area contributed by atoms with Gasteiger partial charge in [0.05, 0.1) is 19.8 Å². The maximum atomic E-state index is 11.1. The molecule has 1 N–H and O–H groups in total. The van der Waals surface area contributed by atoms with Gasteiger partial charge in [0.1, 0.15) is 0 Å². The van der Waals surface area contributed by atoms with Gasteiger partial charge in [-0.3, -0.25) is 4.79 Å². The average molecular weight is 244 g/mol. The van der Waals surface area contributed by atoms with Crippen molar-refractivity contribution in [3.05, 3.63) is 0 Å². The quantitative estimate of drug-likeness (QED) is 0.652. The first-order valence-electron chi connectivity index (χ1n) is 6.29. The van der Waals surface area contributed by atoms with Gasteiger partial charge in [0, 0.05) is 39.7 Å². The third-order valence-corrected chi connectivity index (χ3v) is 3.05. The Bertz CT molecular complexity index is 216. The largest absolute Gasteiger partial charge is 0.382 e. The van der Waals surface area contributed by atoms with Crippen LogP contribution in [0.1, 0.15) is 19.8 Å². The number of hydrogen-bond acceptors (Lipinski definition) is 4. The normalized spacial score (nSPS) is 17.4. The molecule has 0 unspecified atom stereocenters. The van der Waals surface area contributed by atoms with Crippen molar-refractivity contribution in [3.63, 3.8) is 0 Å². The minimum Gasteiger partial charge on any atom is -0.382 e. The van der Waals surface area contributed by atoms with Crippen LogP contribution in [0.15, 0.2) is 0 Å². The summed E-state index contributed by atoms with van der Waals surface area (Å²) in [4.78, 5) is 13.0. The molecule has 5 nitrogen and oxygen atoms in total. The molecule has 5 heteroatoms. The fourth-order valence-corrected chi connectivity index (χ4v) is 1.98. The van der Waals surface area contributed by atoms with Crippen LogP contribution in [-0.2, 0) is 14.3 Å². The van der Waals surface area contributed by atoms with E-state index in [4.69, 9.17) is 9.47 Å². The van der Waals surface area contributed by atoms with E-state index in [1.807, 2.05) is 4.90 Å². The molecule has 1 heterocycles. The molecule has 0 aromatic heterocycles. The molecule has 1 rings (SSSR count). The Hall–Kier alpha value is -0.650. The summed E-state index contributed by atoms with van der Waals surface area (Å²) >= 11 is 0. The summed E-state index contributed by atoms with van der Waals surface area (Å²) in [5, 5.41) is 3.45. The Morgan fingerprint density at radius 3 is 2.59 bits per heavy atom. The fourth-order valence-electron chi connectivity index (χ4n) is 1.98. The van der Waals surface area contributed by atoms with E-state index in [2.05, 4.69) is 5.32 Å². The highest BCUT2D eigenvalue weighted by Crippen LogP contribution is 2.09. The number of hydrogen-bond donors (Lipinski definition) is 1. The average Bonchev–Trinajstić information content (AvgIpc) is 2.34. The number of carbonyl (C=O) groups excluding carboxylic acids is 1. The molecule has 0 atom stereocenters. The smallest absolute Gasteiger partial charge is 0.219 e. The van der Waals surface area contributed by atoms with Gasteiger partial charge in [-0.05, 0) is 12.8 Å². The topological polar surface area (TPSA) is 50.8 Å². The molecular formula is C12H24N2O3. The van der Waals surface area contributed by atoms with E-state index in [1.165, 1.54) is 0 Å². The zero-order valence-electron chi connectivity index (χ0n) is 10.9. The number of carbonyl (C=O) groups is 1. The first-order chi connectivity index (χ1) is 8.24. The minimum atomic E-state index is 0.186. The Kier molecular flexibility index (Phi) is 7.16. The Balaban J connectivity index is 1.97. The lowest BCUT2D eigenvalue weighted by Crippen LogP contribution is -2.44. The summed E-state index contributed by atoms with van der Waals surface area (Å²) in [6.07, 6.45) is 2.08. The SMILES string of the molecule is COCCOCCNC1CCN(C(C)=O)CC1. The van der Waals surface area contributed by atoms with Crippen LogP contribution in [0.4, 0.5) is 0 Å².